The van der Waals surface area contributed by atoms with Gasteiger partial charge in [0.2, 0.25) is 5.95 Å². The van der Waals surface area contributed by atoms with Crippen molar-refractivity contribution in [3.63, 3.8) is 0 Å². The molecule has 5 nitrogen and oxygen atoms in total. The monoisotopic (exact) mass is 245 g/mol. The van der Waals surface area contributed by atoms with Crippen molar-refractivity contribution in [2.45, 2.75) is 6.92 Å². The highest BCUT2D eigenvalue weighted by molar-refractivity contribution is 5.69. The van der Waals surface area contributed by atoms with Gasteiger partial charge in [0.15, 0.2) is 0 Å². The number of hydrogen-bond acceptors (Lipinski definition) is 5. The van der Waals surface area contributed by atoms with Gasteiger partial charge in [0, 0.05) is 17.3 Å². The number of rotatable bonds is 3. The first kappa shape index (κ1) is 12.2. The molecule has 1 heterocycles. The van der Waals surface area contributed by atoms with E-state index in [1.54, 1.807) is 14.2 Å². The highest BCUT2D eigenvalue weighted by Crippen LogP contribution is 2.32. The van der Waals surface area contributed by atoms with Crippen LogP contribution in [0.3, 0.4) is 0 Å². The number of hydrogen-bond donors (Lipinski definition) is 1. The molecule has 1 aromatic heterocycles. The van der Waals surface area contributed by atoms with E-state index in [-0.39, 0.29) is 5.95 Å². The van der Waals surface area contributed by atoms with Gasteiger partial charge in [-0.2, -0.15) is 0 Å². The first-order valence-electron chi connectivity index (χ1n) is 5.47. The van der Waals surface area contributed by atoms with Gasteiger partial charge < -0.3 is 15.2 Å². The van der Waals surface area contributed by atoms with Crippen molar-refractivity contribution in [1.82, 2.24) is 9.97 Å². The fourth-order valence-corrected chi connectivity index (χ4v) is 1.74. The van der Waals surface area contributed by atoms with Crippen LogP contribution in [0.2, 0.25) is 0 Å². The molecule has 1 aromatic carbocycles. The molecule has 18 heavy (non-hydrogen) atoms. The third kappa shape index (κ3) is 2.34. The summed E-state index contributed by atoms with van der Waals surface area (Å²) >= 11 is 0. The van der Waals surface area contributed by atoms with Crippen LogP contribution in [0.25, 0.3) is 11.3 Å². The standard InChI is InChI=1S/C13H15N3O2/c1-8-6-11(16-13(14)15-8)10-5-4-9(17-2)7-12(10)18-3/h4-7H,1-3H3,(H2,14,15,16). The molecule has 0 aliphatic carbocycles. The molecular weight excluding hydrogens is 230 g/mol. The largest absolute Gasteiger partial charge is 0.497 e. The van der Waals surface area contributed by atoms with Crippen LogP contribution in [0.15, 0.2) is 24.3 Å². The Bertz CT molecular complexity index is 550. The molecule has 0 radical (unpaired) electrons. The van der Waals surface area contributed by atoms with Crippen LogP contribution >= 0.6 is 0 Å². The summed E-state index contributed by atoms with van der Waals surface area (Å²) in [5.74, 6) is 1.67. The minimum atomic E-state index is 0.253. The Kier molecular flexibility index (Phi) is 3.32. The van der Waals surface area contributed by atoms with Gasteiger partial charge >= 0.3 is 0 Å². The predicted molar refractivity (Wildman–Crippen MR) is 69.7 cm³/mol. The molecule has 94 valence electrons. The minimum Gasteiger partial charge on any atom is -0.497 e. The third-order valence-corrected chi connectivity index (χ3v) is 2.56. The normalized spacial score (nSPS) is 10.2. The zero-order chi connectivity index (χ0) is 13.1. The van der Waals surface area contributed by atoms with Gasteiger partial charge in [-0.3, -0.25) is 0 Å². The Balaban J connectivity index is 2.55. The molecule has 0 saturated heterocycles. The first-order chi connectivity index (χ1) is 8.63. The van der Waals surface area contributed by atoms with Crippen molar-refractivity contribution in [3.8, 4) is 22.8 Å². The molecule has 0 unspecified atom stereocenters. The molecule has 0 aliphatic rings. The van der Waals surface area contributed by atoms with Crippen molar-refractivity contribution in [3.05, 3.63) is 30.0 Å². The lowest BCUT2D eigenvalue weighted by Crippen LogP contribution is -1.99. The van der Waals surface area contributed by atoms with Crippen molar-refractivity contribution in [2.75, 3.05) is 20.0 Å². The second-order valence-electron chi connectivity index (χ2n) is 3.82. The molecule has 0 atom stereocenters. The number of aromatic nitrogens is 2. The van der Waals surface area contributed by atoms with E-state index >= 15 is 0 Å². The van der Waals surface area contributed by atoms with E-state index < -0.39 is 0 Å². The molecule has 0 bridgehead atoms. The van der Waals surface area contributed by atoms with Gasteiger partial charge in [-0.05, 0) is 25.1 Å². The van der Waals surface area contributed by atoms with E-state index in [2.05, 4.69) is 9.97 Å². The summed E-state index contributed by atoms with van der Waals surface area (Å²) < 4.78 is 10.5. The maximum absolute atomic E-state index is 5.66. The number of aryl methyl sites for hydroxylation is 1. The van der Waals surface area contributed by atoms with Gasteiger partial charge in [0.05, 0.1) is 19.9 Å². The SMILES string of the molecule is COc1ccc(-c2cc(C)nc(N)n2)c(OC)c1. The van der Waals surface area contributed by atoms with Crippen molar-refractivity contribution < 1.29 is 9.47 Å². The maximum Gasteiger partial charge on any atom is 0.220 e. The van der Waals surface area contributed by atoms with E-state index in [0.29, 0.717) is 5.75 Å². The van der Waals surface area contributed by atoms with Gasteiger partial charge in [0.1, 0.15) is 11.5 Å². The highest BCUT2D eigenvalue weighted by atomic mass is 16.5. The summed E-state index contributed by atoms with van der Waals surface area (Å²) in [5, 5.41) is 0. The molecule has 2 rings (SSSR count). The van der Waals surface area contributed by atoms with E-state index in [1.807, 2.05) is 31.2 Å². The lowest BCUT2D eigenvalue weighted by molar-refractivity contribution is 0.395. The fraction of sp³-hybridized carbons (Fsp3) is 0.231. The van der Waals surface area contributed by atoms with Crippen molar-refractivity contribution in [2.24, 2.45) is 0 Å². The highest BCUT2D eigenvalue weighted by Gasteiger charge is 2.10. The zero-order valence-corrected chi connectivity index (χ0v) is 10.6. The van der Waals surface area contributed by atoms with Crippen LogP contribution in [-0.4, -0.2) is 24.2 Å². The molecule has 2 N–H and O–H groups in total. The van der Waals surface area contributed by atoms with E-state index in [4.69, 9.17) is 15.2 Å². The topological polar surface area (TPSA) is 70.3 Å². The van der Waals surface area contributed by atoms with Crippen LogP contribution in [0.1, 0.15) is 5.69 Å². The van der Waals surface area contributed by atoms with Crippen LogP contribution in [0.5, 0.6) is 11.5 Å². The fourth-order valence-electron chi connectivity index (χ4n) is 1.74. The Morgan fingerprint density at radius 1 is 1.06 bits per heavy atom. The van der Waals surface area contributed by atoms with E-state index in [1.165, 1.54) is 0 Å². The van der Waals surface area contributed by atoms with Crippen LogP contribution in [0.4, 0.5) is 5.95 Å². The lowest BCUT2D eigenvalue weighted by atomic mass is 10.1. The van der Waals surface area contributed by atoms with Gasteiger partial charge in [0.25, 0.3) is 0 Å². The Morgan fingerprint density at radius 2 is 1.83 bits per heavy atom. The molecule has 0 spiro atoms. The number of nitrogen functional groups attached to an aromatic ring is 1. The summed E-state index contributed by atoms with van der Waals surface area (Å²) in [6, 6.07) is 7.41. The zero-order valence-electron chi connectivity index (χ0n) is 10.6. The second kappa shape index (κ2) is 4.91. The Hall–Kier alpha value is -2.30. The van der Waals surface area contributed by atoms with Crippen molar-refractivity contribution in [1.29, 1.82) is 0 Å². The minimum absolute atomic E-state index is 0.253. The summed E-state index contributed by atoms with van der Waals surface area (Å²) in [6.07, 6.45) is 0. The van der Waals surface area contributed by atoms with Crippen LogP contribution in [-0.2, 0) is 0 Å². The Labute approximate surface area is 106 Å². The number of methoxy groups -OCH3 is 2. The first-order valence-corrected chi connectivity index (χ1v) is 5.47. The predicted octanol–water partition coefficient (Wildman–Crippen LogP) is 2.05. The maximum atomic E-state index is 5.66. The average Bonchev–Trinajstić information content (AvgIpc) is 2.36. The van der Waals surface area contributed by atoms with Gasteiger partial charge in [-0.15, -0.1) is 0 Å². The van der Waals surface area contributed by atoms with Crippen LogP contribution < -0.4 is 15.2 Å². The smallest absolute Gasteiger partial charge is 0.220 e. The number of ether oxygens (including phenoxy) is 2. The number of nitrogens with zero attached hydrogens (tertiary/aromatic N) is 2. The summed E-state index contributed by atoms with van der Waals surface area (Å²) in [7, 11) is 3.22. The molecular formula is C13H15N3O2. The summed E-state index contributed by atoms with van der Waals surface area (Å²) in [6.45, 7) is 1.87. The quantitative estimate of drug-likeness (QED) is 0.896. The van der Waals surface area contributed by atoms with E-state index in [0.717, 1.165) is 22.7 Å². The molecule has 2 aromatic rings. The lowest BCUT2D eigenvalue weighted by Gasteiger charge is -2.10. The van der Waals surface area contributed by atoms with Crippen molar-refractivity contribution >= 4 is 5.95 Å². The number of benzene rings is 1. The number of nitrogens with two attached hydrogens (primary N) is 1. The van der Waals surface area contributed by atoms with E-state index in [9.17, 15) is 0 Å². The summed E-state index contributed by atoms with van der Waals surface area (Å²) in [4.78, 5) is 8.26. The third-order valence-electron chi connectivity index (χ3n) is 2.56. The molecule has 0 saturated carbocycles. The number of anilines is 1. The summed E-state index contributed by atoms with van der Waals surface area (Å²) in [5.41, 5.74) is 8.06. The molecule has 0 fully saturated rings. The molecule has 0 amide bonds. The molecule has 5 heteroatoms. The van der Waals surface area contributed by atoms with Crippen LogP contribution in [0, 0.1) is 6.92 Å². The Morgan fingerprint density at radius 3 is 2.44 bits per heavy atom. The second-order valence-corrected chi connectivity index (χ2v) is 3.82. The average molecular weight is 245 g/mol. The molecule has 0 aliphatic heterocycles. The van der Waals surface area contributed by atoms with Gasteiger partial charge in [-0.25, -0.2) is 9.97 Å². The van der Waals surface area contributed by atoms with Gasteiger partial charge in [-0.1, -0.05) is 0 Å².